The van der Waals surface area contributed by atoms with Crippen LogP contribution in [0.4, 0.5) is 0 Å². The van der Waals surface area contributed by atoms with Crippen LogP contribution in [0.5, 0.6) is 0 Å². The van der Waals surface area contributed by atoms with Crippen molar-refractivity contribution in [2.75, 3.05) is 0 Å². The lowest BCUT2D eigenvalue weighted by atomic mass is 9.77. The number of hydrogen-bond donors (Lipinski definition) is 6. The summed E-state index contributed by atoms with van der Waals surface area (Å²) in [6, 6.07) is 122. The Bertz CT molecular complexity index is 6480. The number of para-hydroxylation sites is 3. The molecule has 120 heavy (non-hydrogen) atoms. The molecule has 0 radical (unpaired) electrons. The molecule has 0 aliphatic carbocycles. The number of pyridine rings is 5. The van der Waals surface area contributed by atoms with Crippen LogP contribution in [0.25, 0.3) is 184 Å². The van der Waals surface area contributed by atoms with Crippen LogP contribution in [0.3, 0.4) is 0 Å². The molecule has 0 spiro atoms. The number of fused-ring (bicyclic) bond motifs is 9. The molecule has 6 N–H and O–H groups in total. The van der Waals surface area contributed by atoms with Crippen LogP contribution >= 0.6 is 0 Å². The van der Waals surface area contributed by atoms with Gasteiger partial charge in [0.25, 0.3) is 0 Å². The molecular formula is C101H71B3N10O6. The fraction of sp³-hybridized carbons (Fsp3) is 0. The van der Waals surface area contributed by atoms with Gasteiger partial charge in [-0.25, -0.2) is 15.0 Å². The molecule has 0 saturated heterocycles. The molecule has 0 fully saturated rings. The molecule has 0 aliphatic heterocycles. The molecule has 12 aromatic carbocycles. The van der Waals surface area contributed by atoms with Gasteiger partial charge in [-0.2, -0.15) is 0 Å². The van der Waals surface area contributed by atoms with Crippen LogP contribution in [0.15, 0.2) is 395 Å². The lowest BCUT2D eigenvalue weighted by Gasteiger charge is -2.13. The van der Waals surface area contributed by atoms with Crippen molar-refractivity contribution < 1.29 is 30.1 Å². The van der Waals surface area contributed by atoms with E-state index in [1.807, 2.05) is 243 Å². The molecule has 0 amide bonds. The molecule has 0 atom stereocenters. The number of hydrogen-bond acceptors (Lipinski definition) is 13. The molecule has 19 heteroatoms. The van der Waals surface area contributed by atoms with Gasteiger partial charge >= 0.3 is 21.4 Å². The molecular weight excluding hydrogens is 1480 g/mol. The Kier molecular flexibility index (Phi) is 20.5. The molecule has 0 unspecified atom stereocenters. The Labute approximate surface area is 691 Å². The normalized spacial score (nSPS) is 11.2. The van der Waals surface area contributed by atoms with E-state index in [1.165, 1.54) is 0 Å². The maximum atomic E-state index is 10.1. The average molecular weight is 1550 g/mol. The third kappa shape index (κ3) is 14.6. The largest absolute Gasteiger partial charge is 0.489 e. The predicted octanol–water partition coefficient (Wildman–Crippen LogP) is 18.2. The van der Waals surface area contributed by atoms with Crippen LogP contribution in [-0.4, -0.2) is 100 Å². The van der Waals surface area contributed by atoms with E-state index in [4.69, 9.17) is 15.0 Å². The molecule has 0 bridgehead atoms. The Morgan fingerprint density at radius 3 is 0.892 bits per heavy atom. The van der Waals surface area contributed by atoms with Crippen LogP contribution in [0.1, 0.15) is 0 Å². The zero-order valence-corrected chi connectivity index (χ0v) is 64.4. The van der Waals surface area contributed by atoms with E-state index in [0.29, 0.717) is 22.2 Å². The molecule has 21 rings (SSSR count). The third-order valence-corrected chi connectivity index (χ3v) is 21.7. The second kappa shape index (κ2) is 32.8. The molecule has 570 valence electrons. The van der Waals surface area contributed by atoms with Crippen molar-refractivity contribution in [2.45, 2.75) is 0 Å². The van der Waals surface area contributed by atoms with Gasteiger partial charge in [-0.3, -0.25) is 19.9 Å². The topological polar surface area (TPSA) is 226 Å². The maximum Gasteiger partial charge on any atom is 0.489 e. The van der Waals surface area contributed by atoms with E-state index in [-0.39, 0.29) is 0 Å². The minimum absolute atomic E-state index is 0.484. The fourth-order valence-corrected chi connectivity index (χ4v) is 16.3. The zero-order chi connectivity index (χ0) is 81.2. The van der Waals surface area contributed by atoms with Gasteiger partial charge < -0.3 is 43.8 Å². The summed E-state index contributed by atoms with van der Waals surface area (Å²) in [6.07, 6.45) is 7.15. The zero-order valence-electron chi connectivity index (χ0n) is 64.4. The van der Waals surface area contributed by atoms with Crippen molar-refractivity contribution >= 4 is 103 Å². The van der Waals surface area contributed by atoms with Crippen molar-refractivity contribution in [3.63, 3.8) is 0 Å². The monoisotopic (exact) mass is 1550 g/mol. The summed E-state index contributed by atoms with van der Waals surface area (Å²) in [5, 5.41) is 66.2. The maximum absolute atomic E-state index is 10.1. The quantitative estimate of drug-likeness (QED) is 0.0526. The van der Waals surface area contributed by atoms with Gasteiger partial charge in [0.15, 0.2) is 5.82 Å². The van der Waals surface area contributed by atoms with E-state index >= 15 is 0 Å². The summed E-state index contributed by atoms with van der Waals surface area (Å²) in [4.78, 5) is 33.1. The predicted molar refractivity (Wildman–Crippen MR) is 485 cm³/mol. The number of rotatable bonds is 15. The van der Waals surface area contributed by atoms with Gasteiger partial charge in [0.2, 0.25) is 0 Å². The van der Waals surface area contributed by atoms with Gasteiger partial charge in [-0.15, -0.1) is 0 Å². The number of benzene rings is 12. The lowest BCUT2D eigenvalue weighted by Crippen LogP contribution is -2.30. The van der Waals surface area contributed by atoms with Crippen LogP contribution < -0.4 is 16.4 Å². The van der Waals surface area contributed by atoms with E-state index in [1.54, 1.807) is 30.6 Å². The van der Waals surface area contributed by atoms with Crippen LogP contribution in [-0.2, 0) is 0 Å². The molecule has 9 aromatic heterocycles. The van der Waals surface area contributed by atoms with Crippen molar-refractivity contribution in [1.29, 1.82) is 0 Å². The first-order valence-electron chi connectivity index (χ1n) is 39.3. The average Bonchev–Trinajstić information content (AvgIpc) is 1.59. The standard InChI is InChI=1S/2C34H24BN3O2.C33H23BN4O2/c39-35(40)28-18-10-20-32-33(28)27-17-7-8-19-31(27)38(32)26-16-9-15-25(21-26)30-22-29(23-11-3-1-4-12-23)36-34(37-30)24-13-5-2-6-14-24;39-35(40)29-12-8-16-33-34(29)28-11-1-2-15-32(28)38(33)27-10-7-9-23(22-27)24-19-25(30-13-3-5-17-36-30)21-26(20-24)31-14-4-6-18-37-31;39-34(40)26-12-8-16-32-33(26)25-11-1-2-15-31(25)38(32)24-10-7-9-22(19-24)23-20-29(27-13-3-5-17-35-27)37-30(21-23)28-14-4-6-18-36-28/h2*1-22,39-40H;1-21,39-40H. The van der Waals surface area contributed by atoms with E-state index in [0.717, 1.165) is 178 Å². The van der Waals surface area contributed by atoms with Crippen molar-refractivity contribution in [3.05, 3.63) is 395 Å². The smallest absolute Gasteiger partial charge is 0.423 e. The first-order valence-corrected chi connectivity index (χ1v) is 39.3. The third-order valence-electron chi connectivity index (χ3n) is 21.7. The highest BCUT2D eigenvalue weighted by Gasteiger charge is 2.26. The van der Waals surface area contributed by atoms with Gasteiger partial charge in [0.05, 0.1) is 78.7 Å². The molecule has 0 aliphatic rings. The van der Waals surface area contributed by atoms with E-state index in [9.17, 15) is 30.1 Å². The van der Waals surface area contributed by atoms with E-state index in [2.05, 4.69) is 155 Å². The Hall–Kier alpha value is -15.2. The Morgan fingerprint density at radius 2 is 0.500 bits per heavy atom. The summed E-state index contributed by atoms with van der Waals surface area (Å²) in [5.41, 5.74) is 25.7. The Balaban J connectivity index is 0.000000119. The summed E-state index contributed by atoms with van der Waals surface area (Å²) < 4.78 is 6.51. The van der Waals surface area contributed by atoms with Gasteiger partial charge in [0.1, 0.15) is 0 Å². The highest BCUT2D eigenvalue weighted by Crippen LogP contribution is 2.40. The van der Waals surface area contributed by atoms with Crippen LogP contribution in [0, 0.1) is 0 Å². The lowest BCUT2D eigenvalue weighted by molar-refractivity contribution is 0.425. The SMILES string of the molecule is OB(O)c1cccc2c1c1ccccc1n2-c1cccc(-c2cc(-c3ccccc3)nc(-c3ccccc3)n2)c1.OB(O)c1cccc2c1c1ccccc1n2-c1cccc(-c2cc(-c3ccccn3)cc(-c3ccccn3)c2)c1.OB(O)c1cccc2c1c1ccccc1n2-c1cccc(-c2cc(-c3ccccn3)nc(-c3ccccn3)c2)c1. The van der Waals surface area contributed by atoms with Crippen LogP contribution in [0.2, 0.25) is 0 Å². The second-order valence-corrected chi connectivity index (χ2v) is 29.0. The minimum atomic E-state index is -1.57. The van der Waals surface area contributed by atoms with Gasteiger partial charge in [-0.05, 0) is 196 Å². The van der Waals surface area contributed by atoms with Gasteiger partial charge in [-0.1, -0.05) is 212 Å². The first-order chi connectivity index (χ1) is 59.0. The summed E-state index contributed by atoms with van der Waals surface area (Å²) in [7, 11) is -4.70. The Morgan fingerprint density at radius 1 is 0.192 bits per heavy atom. The fourth-order valence-electron chi connectivity index (χ4n) is 16.3. The molecule has 0 saturated carbocycles. The van der Waals surface area contributed by atoms with Gasteiger partial charge in [0, 0.05) is 102 Å². The number of aromatic nitrogens is 10. The minimum Gasteiger partial charge on any atom is -0.423 e. The summed E-state index contributed by atoms with van der Waals surface area (Å²) in [5.74, 6) is 0.667. The molecule has 9 heterocycles. The highest BCUT2D eigenvalue weighted by atomic mass is 16.4. The first kappa shape index (κ1) is 74.9. The summed E-state index contributed by atoms with van der Waals surface area (Å²) >= 11 is 0. The van der Waals surface area contributed by atoms with Crippen molar-refractivity contribution in [1.82, 2.24) is 48.6 Å². The molecule has 21 aromatic rings. The highest BCUT2D eigenvalue weighted by molar-refractivity contribution is 6.64. The molecule has 16 nitrogen and oxygen atoms in total. The summed E-state index contributed by atoms with van der Waals surface area (Å²) in [6.45, 7) is 0. The van der Waals surface area contributed by atoms with Crippen molar-refractivity contribution in [3.8, 4) is 119 Å². The van der Waals surface area contributed by atoms with Crippen molar-refractivity contribution in [2.24, 2.45) is 0 Å². The second-order valence-electron chi connectivity index (χ2n) is 29.0. The van der Waals surface area contributed by atoms with E-state index < -0.39 is 21.4 Å². The number of nitrogens with zero attached hydrogens (tertiary/aromatic N) is 10.